The molecule has 2 N–H and O–H groups in total. The van der Waals surface area contributed by atoms with Crippen LogP contribution in [0.2, 0.25) is 0 Å². The Balaban J connectivity index is 2.50. The van der Waals surface area contributed by atoms with Crippen molar-refractivity contribution < 1.29 is 8.94 Å². The van der Waals surface area contributed by atoms with Crippen molar-refractivity contribution in [2.24, 2.45) is 0 Å². The second-order valence-electron chi connectivity index (χ2n) is 2.23. The molecular weight excluding hydrogens is 172 g/mol. The quantitative estimate of drug-likeness (QED) is 0.688. The largest absolute Gasteiger partial charge is 0.418 e. The molecule has 64 valence electrons. The molecule has 6 nitrogen and oxygen atoms in total. The standard InChI is InChI=1S/C7H4N4O2/c8-3-5-6(9)13-7(10-5)4-1-2-12-11-4/h1-2H,9H2. The first-order valence-electron chi connectivity index (χ1n) is 3.38. The van der Waals surface area contributed by atoms with Gasteiger partial charge in [-0.05, 0) is 0 Å². The monoisotopic (exact) mass is 176 g/mol. The molecule has 0 unspecified atom stereocenters. The predicted octanol–water partition coefficient (Wildman–Crippen LogP) is 0.783. The minimum absolute atomic E-state index is 0.0134. The van der Waals surface area contributed by atoms with Crippen LogP contribution in [0, 0.1) is 11.3 Å². The van der Waals surface area contributed by atoms with E-state index in [0.29, 0.717) is 5.69 Å². The van der Waals surface area contributed by atoms with Gasteiger partial charge >= 0.3 is 0 Å². The highest BCUT2D eigenvalue weighted by Crippen LogP contribution is 2.20. The summed E-state index contributed by atoms with van der Waals surface area (Å²) in [6.07, 6.45) is 1.38. The van der Waals surface area contributed by atoms with E-state index in [0.717, 1.165) is 0 Å². The number of nitriles is 1. The van der Waals surface area contributed by atoms with Gasteiger partial charge in [-0.25, -0.2) is 0 Å². The van der Waals surface area contributed by atoms with E-state index >= 15 is 0 Å². The summed E-state index contributed by atoms with van der Waals surface area (Å²) in [5.41, 5.74) is 5.81. The van der Waals surface area contributed by atoms with Gasteiger partial charge in [0.2, 0.25) is 11.6 Å². The van der Waals surface area contributed by atoms with E-state index in [1.54, 1.807) is 12.1 Å². The van der Waals surface area contributed by atoms with E-state index in [1.165, 1.54) is 6.26 Å². The van der Waals surface area contributed by atoms with Crippen molar-refractivity contribution in [3.05, 3.63) is 18.0 Å². The second-order valence-corrected chi connectivity index (χ2v) is 2.23. The van der Waals surface area contributed by atoms with Crippen LogP contribution in [0.25, 0.3) is 11.6 Å². The number of aromatic nitrogens is 2. The van der Waals surface area contributed by atoms with E-state index in [1.807, 2.05) is 0 Å². The molecule has 2 aromatic rings. The fourth-order valence-corrected chi connectivity index (χ4v) is 0.844. The van der Waals surface area contributed by atoms with Gasteiger partial charge in [0.15, 0.2) is 5.69 Å². The number of hydrogen-bond donors (Lipinski definition) is 1. The van der Waals surface area contributed by atoms with Gasteiger partial charge in [-0.1, -0.05) is 5.16 Å². The number of nitrogens with zero attached hydrogens (tertiary/aromatic N) is 3. The molecule has 0 bridgehead atoms. The minimum atomic E-state index is -0.0134. The Bertz CT molecular complexity index is 451. The lowest BCUT2D eigenvalue weighted by molar-refractivity contribution is 0.419. The maximum atomic E-state index is 8.53. The van der Waals surface area contributed by atoms with Crippen LogP contribution in [0.5, 0.6) is 0 Å². The van der Waals surface area contributed by atoms with Gasteiger partial charge in [0.05, 0.1) is 0 Å². The van der Waals surface area contributed by atoms with Crippen LogP contribution in [0.15, 0.2) is 21.3 Å². The Labute approximate surface area is 72.6 Å². The van der Waals surface area contributed by atoms with Crippen LogP contribution in [-0.4, -0.2) is 10.1 Å². The Morgan fingerprint density at radius 3 is 2.92 bits per heavy atom. The van der Waals surface area contributed by atoms with Crippen LogP contribution in [-0.2, 0) is 0 Å². The summed E-state index contributed by atoms with van der Waals surface area (Å²) < 4.78 is 9.55. The molecule has 0 fully saturated rings. The zero-order valence-electron chi connectivity index (χ0n) is 6.39. The van der Waals surface area contributed by atoms with Crippen LogP contribution in [0.3, 0.4) is 0 Å². The van der Waals surface area contributed by atoms with E-state index in [9.17, 15) is 0 Å². The molecule has 13 heavy (non-hydrogen) atoms. The van der Waals surface area contributed by atoms with E-state index in [2.05, 4.69) is 14.7 Å². The maximum Gasteiger partial charge on any atom is 0.252 e. The molecular formula is C7H4N4O2. The zero-order chi connectivity index (χ0) is 9.26. The van der Waals surface area contributed by atoms with Crippen molar-refractivity contribution in [3.8, 4) is 17.7 Å². The third kappa shape index (κ3) is 1.12. The number of nitrogen functional groups attached to an aromatic ring is 1. The SMILES string of the molecule is N#Cc1nc(-c2ccon2)oc1N. The summed E-state index contributed by atoms with van der Waals surface area (Å²) in [5, 5.41) is 12.1. The van der Waals surface area contributed by atoms with Crippen molar-refractivity contribution in [2.75, 3.05) is 5.73 Å². The maximum absolute atomic E-state index is 8.53. The third-order valence-corrected chi connectivity index (χ3v) is 1.42. The fourth-order valence-electron chi connectivity index (χ4n) is 0.844. The van der Waals surface area contributed by atoms with Crippen molar-refractivity contribution in [2.45, 2.75) is 0 Å². The normalized spacial score (nSPS) is 9.77. The highest BCUT2D eigenvalue weighted by atomic mass is 16.5. The van der Waals surface area contributed by atoms with Crippen LogP contribution in [0.1, 0.15) is 5.69 Å². The molecule has 0 radical (unpaired) electrons. The first-order valence-corrected chi connectivity index (χ1v) is 3.38. The summed E-state index contributed by atoms with van der Waals surface area (Å²) in [6, 6.07) is 3.35. The summed E-state index contributed by atoms with van der Waals surface area (Å²) in [4.78, 5) is 3.80. The Morgan fingerprint density at radius 2 is 2.38 bits per heavy atom. The summed E-state index contributed by atoms with van der Waals surface area (Å²) in [6.45, 7) is 0. The highest BCUT2D eigenvalue weighted by molar-refractivity contribution is 5.52. The van der Waals surface area contributed by atoms with Crippen molar-refractivity contribution >= 4 is 5.88 Å². The molecule has 0 spiro atoms. The van der Waals surface area contributed by atoms with Crippen molar-refractivity contribution in [1.82, 2.24) is 10.1 Å². The van der Waals surface area contributed by atoms with E-state index in [-0.39, 0.29) is 17.5 Å². The van der Waals surface area contributed by atoms with Crippen LogP contribution >= 0.6 is 0 Å². The van der Waals surface area contributed by atoms with E-state index < -0.39 is 0 Å². The van der Waals surface area contributed by atoms with Crippen molar-refractivity contribution in [1.29, 1.82) is 5.26 Å². The first kappa shape index (κ1) is 7.36. The number of nitrogens with two attached hydrogens (primary N) is 1. The Kier molecular flexibility index (Phi) is 1.49. The van der Waals surface area contributed by atoms with Gasteiger partial charge in [-0.15, -0.1) is 0 Å². The molecule has 0 saturated carbocycles. The van der Waals surface area contributed by atoms with Gasteiger partial charge in [0.25, 0.3) is 5.89 Å². The molecule has 0 aliphatic heterocycles. The third-order valence-electron chi connectivity index (χ3n) is 1.42. The van der Waals surface area contributed by atoms with Crippen LogP contribution in [0.4, 0.5) is 5.88 Å². The summed E-state index contributed by atoms with van der Waals surface area (Å²) >= 11 is 0. The minimum Gasteiger partial charge on any atom is -0.418 e. The molecule has 0 amide bonds. The first-order chi connectivity index (χ1) is 6.31. The number of hydrogen-bond acceptors (Lipinski definition) is 6. The van der Waals surface area contributed by atoms with Gasteiger partial charge in [-0.2, -0.15) is 10.2 Å². The molecule has 0 saturated heterocycles. The Morgan fingerprint density at radius 1 is 1.54 bits per heavy atom. The Hall–Kier alpha value is -2.29. The smallest absolute Gasteiger partial charge is 0.252 e. The zero-order valence-corrected chi connectivity index (χ0v) is 6.39. The molecule has 0 aromatic carbocycles. The molecule has 6 heteroatoms. The van der Waals surface area contributed by atoms with Crippen LogP contribution < -0.4 is 5.73 Å². The van der Waals surface area contributed by atoms with Gasteiger partial charge in [0, 0.05) is 6.07 Å². The predicted molar refractivity (Wildman–Crippen MR) is 41.1 cm³/mol. The topological polar surface area (TPSA) is 102 Å². The molecule has 0 aliphatic carbocycles. The van der Waals surface area contributed by atoms with E-state index in [4.69, 9.17) is 15.4 Å². The lowest BCUT2D eigenvalue weighted by Gasteiger charge is -1.81. The average Bonchev–Trinajstić information content (AvgIpc) is 2.71. The molecule has 0 aliphatic rings. The number of rotatable bonds is 1. The molecule has 2 rings (SSSR count). The second kappa shape index (κ2) is 2.64. The number of oxazole rings is 1. The summed E-state index contributed by atoms with van der Waals surface area (Å²) in [5.74, 6) is 0.170. The summed E-state index contributed by atoms with van der Waals surface area (Å²) in [7, 11) is 0. The number of anilines is 1. The van der Waals surface area contributed by atoms with Gasteiger partial charge in [0.1, 0.15) is 12.3 Å². The lowest BCUT2D eigenvalue weighted by atomic mass is 10.4. The molecule has 0 atom stereocenters. The average molecular weight is 176 g/mol. The fraction of sp³-hybridized carbons (Fsp3) is 0. The van der Waals surface area contributed by atoms with Crippen molar-refractivity contribution in [3.63, 3.8) is 0 Å². The lowest BCUT2D eigenvalue weighted by Crippen LogP contribution is -1.84. The van der Waals surface area contributed by atoms with Gasteiger partial charge < -0.3 is 14.7 Å². The molecule has 2 heterocycles. The highest BCUT2D eigenvalue weighted by Gasteiger charge is 2.13. The molecule has 2 aromatic heterocycles. The van der Waals surface area contributed by atoms with Gasteiger partial charge in [-0.3, -0.25) is 0 Å².